The average Bonchev–Trinajstić information content (AvgIpc) is 3.04. The second kappa shape index (κ2) is 13.1. The maximum Gasteiger partial charge on any atom is 0.269 e. The highest BCUT2D eigenvalue weighted by atomic mass is 16.6. The lowest BCUT2D eigenvalue weighted by Crippen LogP contribution is -2.44. The number of carbonyl (C=O) groups excluding carboxylic acids is 1. The minimum absolute atomic E-state index is 0.0145. The number of allylic oxidation sites excluding steroid dienone is 3. The van der Waals surface area contributed by atoms with Gasteiger partial charge in [-0.3, -0.25) is 14.9 Å². The molecule has 1 atom stereocenters. The third-order valence-electron chi connectivity index (χ3n) is 8.96. The van der Waals surface area contributed by atoms with Crippen LogP contribution in [0.15, 0.2) is 108 Å². The molecule has 3 aromatic carbocycles. The summed E-state index contributed by atoms with van der Waals surface area (Å²) in [4.78, 5) is 27.4. The summed E-state index contributed by atoms with van der Waals surface area (Å²) in [6, 6.07) is 30.1. The van der Waals surface area contributed by atoms with Gasteiger partial charge in [0.1, 0.15) is 0 Å². The van der Waals surface area contributed by atoms with Crippen LogP contribution in [0.25, 0.3) is 0 Å². The largest absolute Gasteiger partial charge is 0.360 e. The average molecular weight is 576 g/mol. The topological polar surface area (TPSA) is 103 Å². The van der Waals surface area contributed by atoms with E-state index >= 15 is 0 Å². The Kier molecular flexibility index (Phi) is 9.03. The minimum Gasteiger partial charge on any atom is -0.360 e. The van der Waals surface area contributed by atoms with Gasteiger partial charge in [-0.05, 0) is 69.4 Å². The first-order chi connectivity index (χ1) is 20.9. The molecule has 2 aliphatic heterocycles. The lowest BCUT2D eigenvalue weighted by atomic mass is 9.68. The summed E-state index contributed by atoms with van der Waals surface area (Å²) < 4.78 is 0. The van der Waals surface area contributed by atoms with E-state index in [0.29, 0.717) is 23.5 Å². The Hall–Kier alpha value is -4.74. The third-order valence-corrected chi connectivity index (χ3v) is 8.96. The quantitative estimate of drug-likeness (QED) is 0.174. The lowest BCUT2D eigenvalue weighted by molar-refractivity contribution is -0.384. The van der Waals surface area contributed by atoms with E-state index in [2.05, 4.69) is 76.9 Å². The van der Waals surface area contributed by atoms with Crippen LogP contribution in [-0.2, 0) is 10.2 Å². The van der Waals surface area contributed by atoms with Gasteiger partial charge in [-0.2, -0.15) is 5.26 Å². The first-order valence-electron chi connectivity index (χ1n) is 14.8. The Morgan fingerprint density at radius 3 is 2.07 bits per heavy atom. The molecular weight excluding hydrogens is 538 g/mol. The predicted octanol–water partition coefficient (Wildman–Crippen LogP) is 6.24. The fourth-order valence-electron chi connectivity index (χ4n) is 6.74. The van der Waals surface area contributed by atoms with E-state index in [-0.39, 0.29) is 11.1 Å². The second-order valence-electron chi connectivity index (χ2n) is 11.4. The van der Waals surface area contributed by atoms with Gasteiger partial charge < -0.3 is 15.1 Å². The fourth-order valence-corrected chi connectivity index (χ4v) is 6.74. The van der Waals surface area contributed by atoms with E-state index in [4.69, 9.17) is 0 Å². The summed E-state index contributed by atoms with van der Waals surface area (Å²) in [5.74, 6) is -0.496. The van der Waals surface area contributed by atoms with Gasteiger partial charge in [0.25, 0.3) is 5.69 Å². The van der Waals surface area contributed by atoms with Gasteiger partial charge in [-0.15, -0.1) is 0 Å². The summed E-state index contributed by atoms with van der Waals surface area (Å²) in [7, 11) is 0. The molecule has 0 saturated carbocycles. The zero-order valence-corrected chi connectivity index (χ0v) is 24.7. The van der Waals surface area contributed by atoms with Crippen molar-refractivity contribution >= 4 is 12.1 Å². The number of dihydropyridines is 1. The lowest BCUT2D eigenvalue weighted by Gasteiger charge is -2.43. The molecule has 8 heteroatoms. The number of benzene rings is 3. The first-order valence-corrected chi connectivity index (χ1v) is 14.8. The Labute approximate surface area is 253 Å². The van der Waals surface area contributed by atoms with Crippen molar-refractivity contribution in [1.29, 1.82) is 5.26 Å². The molecule has 220 valence electrons. The number of carbonyl (C=O) groups is 1. The van der Waals surface area contributed by atoms with Crippen molar-refractivity contribution in [2.24, 2.45) is 0 Å². The van der Waals surface area contributed by atoms with Crippen LogP contribution >= 0.6 is 0 Å². The number of piperidine rings is 1. The smallest absolute Gasteiger partial charge is 0.269 e. The summed E-state index contributed by atoms with van der Waals surface area (Å²) in [6.45, 7) is 7.01. The van der Waals surface area contributed by atoms with Crippen LogP contribution in [0.2, 0.25) is 0 Å². The third kappa shape index (κ3) is 6.08. The number of non-ortho nitro benzene ring substituents is 1. The number of nitro benzene ring substituents is 1. The standard InChI is InChI=1S/C35H37N5O3/c1-26-32(24-36)33(28-14-16-31(17-15-28)40(42)43)34(27(2)37-26)39(25-41)21-9-20-38-22-18-35(19-23-38,29-10-5-3-6-11-29)30-12-7-4-8-13-30/h3-8,10-17,25,33,37H,9,18-23H2,1-2H3. The van der Waals surface area contributed by atoms with Gasteiger partial charge >= 0.3 is 0 Å². The van der Waals surface area contributed by atoms with Crippen molar-refractivity contribution in [2.75, 3.05) is 26.2 Å². The number of nitro groups is 1. The molecule has 1 fully saturated rings. The van der Waals surface area contributed by atoms with Crippen molar-refractivity contribution in [3.63, 3.8) is 0 Å². The van der Waals surface area contributed by atoms with Gasteiger partial charge in [0.15, 0.2) is 0 Å². The molecule has 0 aliphatic carbocycles. The maximum atomic E-state index is 12.5. The van der Waals surface area contributed by atoms with Crippen LogP contribution in [0, 0.1) is 21.4 Å². The van der Waals surface area contributed by atoms with Crippen LogP contribution in [0.5, 0.6) is 0 Å². The second-order valence-corrected chi connectivity index (χ2v) is 11.4. The van der Waals surface area contributed by atoms with Crippen LogP contribution < -0.4 is 5.32 Å². The van der Waals surface area contributed by atoms with Gasteiger partial charge in [0.2, 0.25) is 6.41 Å². The molecule has 0 aromatic heterocycles. The molecule has 8 nitrogen and oxygen atoms in total. The fraction of sp³-hybridized carbons (Fsp3) is 0.314. The van der Waals surface area contributed by atoms with Gasteiger partial charge in [0.05, 0.1) is 28.2 Å². The van der Waals surface area contributed by atoms with Gasteiger partial charge in [0, 0.05) is 35.5 Å². The van der Waals surface area contributed by atoms with E-state index in [1.54, 1.807) is 17.0 Å². The molecule has 5 rings (SSSR count). The number of rotatable bonds is 10. The van der Waals surface area contributed by atoms with Crippen LogP contribution in [-0.4, -0.2) is 47.3 Å². The molecule has 0 radical (unpaired) electrons. The molecule has 1 amide bonds. The molecule has 1 unspecified atom stereocenters. The van der Waals surface area contributed by atoms with Crippen molar-refractivity contribution in [3.8, 4) is 6.07 Å². The first kappa shape index (κ1) is 29.7. The Bertz CT molecular complexity index is 1510. The highest BCUT2D eigenvalue weighted by Gasteiger charge is 2.38. The summed E-state index contributed by atoms with van der Waals surface area (Å²) in [5, 5.41) is 24.6. The van der Waals surface area contributed by atoms with E-state index in [1.807, 2.05) is 13.8 Å². The molecule has 3 aromatic rings. The van der Waals surface area contributed by atoms with E-state index in [1.165, 1.54) is 23.3 Å². The van der Waals surface area contributed by atoms with Gasteiger partial charge in [-0.1, -0.05) is 72.8 Å². The minimum atomic E-state index is -0.496. The van der Waals surface area contributed by atoms with Crippen LogP contribution in [0.1, 0.15) is 55.7 Å². The normalized spacial score (nSPS) is 18.5. The monoisotopic (exact) mass is 575 g/mol. The van der Waals surface area contributed by atoms with E-state index in [9.17, 15) is 20.2 Å². The molecule has 0 bridgehead atoms. The number of hydrogen-bond acceptors (Lipinski definition) is 6. The van der Waals surface area contributed by atoms with E-state index < -0.39 is 10.8 Å². The highest BCUT2D eigenvalue weighted by molar-refractivity contribution is 5.59. The van der Waals surface area contributed by atoms with Crippen molar-refractivity contribution < 1.29 is 9.72 Å². The Morgan fingerprint density at radius 1 is 0.977 bits per heavy atom. The summed E-state index contributed by atoms with van der Waals surface area (Å²) in [6.07, 6.45) is 3.65. The molecule has 0 spiro atoms. The predicted molar refractivity (Wildman–Crippen MR) is 167 cm³/mol. The number of nitriles is 1. The number of likely N-dealkylation sites (tertiary alicyclic amines) is 1. The zero-order chi connectivity index (χ0) is 30.4. The maximum absolute atomic E-state index is 12.5. The molecule has 43 heavy (non-hydrogen) atoms. The molecule has 1 N–H and O–H groups in total. The van der Waals surface area contributed by atoms with Gasteiger partial charge in [-0.25, -0.2) is 0 Å². The van der Waals surface area contributed by atoms with Crippen molar-refractivity contribution in [3.05, 3.63) is 134 Å². The molecule has 2 heterocycles. The Morgan fingerprint density at radius 2 is 1.56 bits per heavy atom. The summed E-state index contributed by atoms with van der Waals surface area (Å²) in [5.41, 5.74) is 6.12. The van der Waals surface area contributed by atoms with E-state index in [0.717, 1.165) is 56.6 Å². The SMILES string of the molecule is CC1=C(C#N)C(c2ccc([N+](=O)[O-])cc2)C(N(C=O)CCCN2CCC(c3ccccc3)(c3ccccc3)CC2)=C(C)N1. The zero-order valence-electron chi connectivity index (χ0n) is 24.7. The van der Waals surface area contributed by atoms with Crippen LogP contribution in [0.3, 0.4) is 0 Å². The molecule has 1 saturated heterocycles. The highest BCUT2D eigenvalue weighted by Crippen LogP contribution is 2.42. The molecular formula is C35H37N5O3. The number of amides is 1. The Balaban J connectivity index is 1.29. The van der Waals surface area contributed by atoms with Crippen molar-refractivity contribution in [1.82, 2.24) is 15.1 Å². The molecule has 2 aliphatic rings. The summed E-state index contributed by atoms with van der Waals surface area (Å²) >= 11 is 0. The number of nitrogens with one attached hydrogen (secondary N) is 1. The van der Waals surface area contributed by atoms with Crippen LogP contribution in [0.4, 0.5) is 5.69 Å². The number of hydrogen-bond donors (Lipinski definition) is 1. The van der Waals surface area contributed by atoms with Crippen molar-refractivity contribution in [2.45, 2.75) is 44.4 Å². The number of nitrogens with zero attached hydrogens (tertiary/aromatic N) is 4.